The summed E-state index contributed by atoms with van der Waals surface area (Å²) in [5.41, 5.74) is 0.537. The Bertz CT molecular complexity index is 522. The van der Waals surface area contributed by atoms with Crippen LogP contribution in [0.5, 0.6) is 0 Å². The Hall–Kier alpha value is -0.810. The van der Waals surface area contributed by atoms with E-state index in [2.05, 4.69) is 36.3 Å². The molecule has 26 heavy (non-hydrogen) atoms. The predicted molar refractivity (Wildman–Crippen MR) is 107 cm³/mol. The average molecular weight is 363 g/mol. The Balaban J connectivity index is 1.41. The van der Waals surface area contributed by atoms with Gasteiger partial charge in [-0.25, -0.2) is 0 Å². The highest BCUT2D eigenvalue weighted by Crippen LogP contribution is 2.62. The first-order valence-corrected chi connectivity index (χ1v) is 11.0. The van der Waals surface area contributed by atoms with Crippen LogP contribution in [0.4, 0.5) is 0 Å². The van der Waals surface area contributed by atoms with Gasteiger partial charge in [0, 0.05) is 36.1 Å². The Morgan fingerprint density at radius 2 is 1.96 bits per heavy atom. The molecule has 2 N–H and O–H groups in total. The molecule has 0 bridgehead atoms. The number of hydrogen-bond acceptors (Lipinski definition) is 3. The molecule has 3 unspecified atom stereocenters. The van der Waals surface area contributed by atoms with Gasteiger partial charge in [0.2, 0.25) is 0 Å². The van der Waals surface area contributed by atoms with Crippen molar-refractivity contribution >= 4 is 5.96 Å². The third-order valence-corrected chi connectivity index (χ3v) is 7.51. The van der Waals surface area contributed by atoms with E-state index in [1.54, 1.807) is 0 Å². The van der Waals surface area contributed by atoms with Gasteiger partial charge in [0.25, 0.3) is 0 Å². The van der Waals surface area contributed by atoms with Gasteiger partial charge in [-0.3, -0.25) is 9.89 Å². The summed E-state index contributed by atoms with van der Waals surface area (Å²) in [6, 6.07) is 0.555. The molecule has 3 atom stereocenters. The molecule has 148 valence electrons. The summed E-state index contributed by atoms with van der Waals surface area (Å²) in [5, 5.41) is 7.34. The van der Waals surface area contributed by atoms with Gasteiger partial charge in [0.15, 0.2) is 5.96 Å². The number of ether oxygens (including phenoxy) is 1. The van der Waals surface area contributed by atoms with Crippen molar-refractivity contribution < 1.29 is 4.74 Å². The van der Waals surface area contributed by atoms with Crippen LogP contribution in [0.1, 0.15) is 65.7 Å². The van der Waals surface area contributed by atoms with E-state index in [1.807, 2.05) is 0 Å². The van der Waals surface area contributed by atoms with E-state index in [-0.39, 0.29) is 5.54 Å². The molecule has 4 rings (SSSR count). The minimum absolute atomic E-state index is 0.134. The number of nitrogens with zero attached hydrogens (tertiary/aromatic N) is 2. The lowest BCUT2D eigenvalue weighted by atomic mass is 9.46. The molecular formula is C21H38N4O. The third kappa shape index (κ3) is 3.15. The van der Waals surface area contributed by atoms with Crippen molar-refractivity contribution in [3.63, 3.8) is 0 Å². The highest BCUT2D eigenvalue weighted by atomic mass is 16.5. The second kappa shape index (κ2) is 7.31. The lowest BCUT2D eigenvalue weighted by Crippen LogP contribution is -2.72. The lowest BCUT2D eigenvalue weighted by Gasteiger charge is -2.63. The van der Waals surface area contributed by atoms with Crippen LogP contribution in [0, 0.1) is 11.3 Å². The smallest absolute Gasteiger partial charge is 0.191 e. The van der Waals surface area contributed by atoms with Gasteiger partial charge in [0.05, 0.1) is 12.6 Å². The van der Waals surface area contributed by atoms with E-state index in [0.717, 1.165) is 25.7 Å². The zero-order valence-electron chi connectivity index (χ0n) is 17.0. The fourth-order valence-corrected chi connectivity index (χ4v) is 5.79. The van der Waals surface area contributed by atoms with Crippen molar-refractivity contribution in [2.75, 3.05) is 32.8 Å². The number of rotatable bonds is 5. The molecule has 1 spiro atoms. The Morgan fingerprint density at radius 3 is 2.62 bits per heavy atom. The van der Waals surface area contributed by atoms with E-state index in [4.69, 9.17) is 9.73 Å². The second-order valence-electron chi connectivity index (χ2n) is 9.51. The summed E-state index contributed by atoms with van der Waals surface area (Å²) in [6.07, 6.45) is 9.78. The van der Waals surface area contributed by atoms with E-state index < -0.39 is 0 Å². The van der Waals surface area contributed by atoms with Crippen LogP contribution in [0.3, 0.4) is 0 Å². The zero-order valence-corrected chi connectivity index (χ0v) is 17.0. The highest BCUT2D eigenvalue weighted by molar-refractivity contribution is 5.80. The lowest BCUT2D eigenvalue weighted by molar-refractivity contribution is -0.171. The average Bonchev–Trinajstić information content (AvgIpc) is 3.02. The van der Waals surface area contributed by atoms with Crippen LogP contribution >= 0.6 is 0 Å². The number of aliphatic imine (C=N–C) groups is 1. The minimum atomic E-state index is 0.134. The molecule has 2 saturated carbocycles. The SMILES string of the molecule is CCNC(=NCC(C)(C)N1CCCCC1)NC1C2CCOC2C12CCC2. The molecule has 2 aliphatic heterocycles. The highest BCUT2D eigenvalue weighted by Gasteiger charge is 2.66. The maximum absolute atomic E-state index is 6.07. The van der Waals surface area contributed by atoms with E-state index in [1.165, 1.54) is 58.0 Å². The number of fused-ring (bicyclic) bond motifs is 2. The molecule has 5 nitrogen and oxygen atoms in total. The van der Waals surface area contributed by atoms with Gasteiger partial charge in [0.1, 0.15) is 0 Å². The molecule has 4 aliphatic rings. The molecule has 2 aliphatic carbocycles. The topological polar surface area (TPSA) is 48.9 Å². The summed E-state index contributed by atoms with van der Waals surface area (Å²) in [6.45, 7) is 12.0. The van der Waals surface area contributed by atoms with Crippen molar-refractivity contribution in [2.45, 2.75) is 83.4 Å². The largest absolute Gasteiger partial charge is 0.377 e. The third-order valence-electron chi connectivity index (χ3n) is 7.51. The summed E-state index contributed by atoms with van der Waals surface area (Å²) in [5.74, 6) is 1.70. The zero-order chi connectivity index (χ0) is 18.2. The number of guanidine groups is 1. The van der Waals surface area contributed by atoms with Crippen molar-refractivity contribution in [1.82, 2.24) is 15.5 Å². The molecule has 2 saturated heterocycles. The van der Waals surface area contributed by atoms with E-state index in [9.17, 15) is 0 Å². The summed E-state index contributed by atoms with van der Waals surface area (Å²) in [4.78, 5) is 7.66. The van der Waals surface area contributed by atoms with Gasteiger partial charge in [-0.1, -0.05) is 12.8 Å². The first kappa shape index (κ1) is 18.5. The van der Waals surface area contributed by atoms with Crippen LogP contribution in [0.15, 0.2) is 4.99 Å². The van der Waals surface area contributed by atoms with Crippen molar-refractivity contribution in [3.05, 3.63) is 0 Å². The standard InChI is InChI=1S/C21H38N4O/c1-4-22-19(23-15-20(2,3)25-12-6-5-7-13-25)24-17-16-9-14-26-18(16)21(17)10-8-11-21/h16-18H,4-15H2,1-3H3,(H2,22,23,24). The summed E-state index contributed by atoms with van der Waals surface area (Å²) < 4.78 is 6.07. The van der Waals surface area contributed by atoms with Crippen LogP contribution in [-0.2, 0) is 4.74 Å². The first-order valence-electron chi connectivity index (χ1n) is 11.0. The monoisotopic (exact) mass is 362 g/mol. The molecule has 4 fully saturated rings. The van der Waals surface area contributed by atoms with Crippen molar-refractivity contribution in [3.8, 4) is 0 Å². The molecule has 0 amide bonds. The first-order chi connectivity index (χ1) is 12.6. The molecular weight excluding hydrogens is 324 g/mol. The van der Waals surface area contributed by atoms with Crippen LogP contribution in [-0.4, -0.2) is 61.3 Å². The number of nitrogens with one attached hydrogen (secondary N) is 2. The molecule has 0 aromatic rings. The Labute approximate surface area is 159 Å². The van der Waals surface area contributed by atoms with Gasteiger partial charge >= 0.3 is 0 Å². The Morgan fingerprint density at radius 1 is 1.19 bits per heavy atom. The summed E-state index contributed by atoms with van der Waals surface area (Å²) >= 11 is 0. The summed E-state index contributed by atoms with van der Waals surface area (Å²) in [7, 11) is 0. The molecule has 0 radical (unpaired) electrons. The molecule has 0 aromatic heterocycles. The van der Waals surface area contributed by atoms with Gasteiger partial charge in [-0.15, -0.1) is 0 Å². The second-order valence-corrected chi connectivity index (χ2v) is 9.51. The van der Waals surface area contributed by atoms with Crippen LogP contribution in [0.25, 0.3) is 0 Å². The number of likely N-dealkylation sites (tertiary alicyclic amines) is 1. The maximum Gasteiger partial charge on any atom is 0.191 e. The molecule has 0 aromatic carbocycles. The van der Waals surface area contributed by atoms with Gasteiger partial charge in [-0.2, -0.15) is 0 Å². The van der Waals surface area contributed by atoms with Crippen LogP contribution in [0.2, 0.25) is 0 Å². The number of piperidine rings is 1. The van der Waals surface area contributed by atoms with E-state index in [0.29, 0.717) is 23.5 Å². The van der Waals surface area contributed by atoms with E-state index >= 15 is 0 Å². The normalized spacial score (nSPS) is 34.1. The van der Waals surface area contributed by atoms with Gasteiger partial charge < -0.3 is 15.4 Å². The fraction of sp³-hybridized carbons (Fsp3) is 0.952. The Kier molecular flexibility index (Phi) is 5.21. The predicted octanol–water partition coefficient (Wildman–Crippen LogP) is 2.76. The van der Waals surface area contributed by atoms with Crippen LogP contribution < -0.4 is 10.6 Å². The minimum Gasteiger partial charge on any atom is -0.377 e. The molecule has 2 heterocycles. The van der Waals surface area contributed by atoms with Crippen molar-refractivity contribution in [2.24, 2.45) is 16.3 Å². The van der Waals surface area contributed by atoms with Crippen molar-refractivity contribution in [1.29, 1.82) is 0 Å². The maximum atomic E-state index is 6.07. The number of hydrogen-bond donors (Lipinski definition) is 2. The quantitative estimate of drug-likeness (QED) is 0.583. The fourth-order valence-electron chi connectivity index (χ4n) is 5.79. The molecule has 5 heteroatoms. The van der Waals surface area contributed by atoms with Gasteiger partial charge in [-0.05, 0) is 66.0 Å².